The average molecular weight is 245 g/mol. The van der Waals surface area contributed by atoms with Crippen molar-refractivity contribution in [3.63, 3.8) is 0 Å². The van der Waals surface area contributed by atoms with Crippen molar-refractivity contribution < 1.29 is 0 Å². The maximum absolute atomic E-state index is 3.81. The molecule has 1 aliphatic carbocycles. The molecule has 0 bridgehead atoms. The molecule has 0 saturated heterocycles. The lowest BCUT2D eigenvalue weighted by atomic mass is 9.86. The van der Waals surface area contributed by atoms with Crippen molar-refractivity contribution >= 4 is 0 Å². The topological polar surface area (TPSA) is 12.0 Å². The first-order valence-corrected chi connectivity index (χ1v) is 7.39. The molecule has 0 aromatic heterocycles. The molecular weight excluding hydrogens is 218 g/mol. The Kier molecular flexibility index (Phi) is 4.45. The monoisotopic (exact) mass is 245 g/mol. The summed E-state index contributed by atoms with van der Waals surface area (Å²) in [7, 11) is 0. The minimum atomic E-state index is 0.472. The summed E-state index contributed by atoms with van der Waals surface area (Å²) in [6.07, 6.45) is 5.49. The maximum atomic E-state index is 3.81. The summed E-state index contributed by atoms with van der Waals surface area (Å²) >= 11 is 0. The molecule has 18 heavy (non-hydrogen) atoms. The Labute approximate surface area is 112 Å². The van der Waals surface area contributed by atoms with Gasteiger partial charge in [-0.05, 0) is 56.2 Å². The van der Waals surface area contributed by atoms with Crippen molar-refractivity contribution in [2.75, 3.05) is 0 Å². The smallest absolute Gasteiger partial charge is 0.0294 e. The van der Waals surface area contributed by atoms with Gasteiger partial charge in [0, 0.05) is 12.1 Å². The maximum Gasteiger partial charge on any atom is 0.0294 e. The number of aryl methyl sites for hydroxylation is 2. The lowest BCUT2D eigenvalue weighted by molar-refractivity contribution is 0.285. The molecule has 1 fully saturated rings. The van der Waals surface area contributed by atoms with Crippen LogP contribution in [-0.2, 0) is 0 Å². The highest BCUT2D eigenvalue weighted by Crippen LogP contribution is 2.26. The molecule has 1 heteroatoms. The first-order chi connectivity index (χ1) is 8.56. The normalized spacial score (nSPS) is 26.0. The molecule has 0 aliphatic heterocycles. The Bertz CT molecular complexity index is 397. The zero-order valence-electron chi connectivity index (χ0n) is 12.3. The van der Waals surface area contributed by atoms with Crippen LogP contribution in [-0.4, -0.2) is 6.04 Å². The standard InChI is InChI=1S/C17H27N/c1-12-6-5-7-17(10-12)18-15(4)16-9-8-13(2)14(3)11-16/h8-9,11-12,15,17-18H,5-7,10H2,1-4H3. The van der Waals surface area contributed by atoms with Crippen molar-refractivity contribution in [1.29, 1.82) is 0 Å². The van der Waals surface area contributed by atoms with Crippen LogP contribution in [0.3, 0.4) is 0 Å². The molecule has 0 amide bonds. The van der Waals surface area contributed by atoms with Crippen molar-refractivity contribution in [3.05, 3.63) is 34.9 Å². The second-order valence-corrected chi connectivity index (χ2v) is 6.20. The van der Waals surface area contributed by atoms with Crippen LogP contribution in [0.2, 0.25) is 0 Å². The molecule has 100 valence electrons. The molecule has 3 unspecified atom stereocenters. The summed E-state index contributed by atoms with van der Waals surface area (Å²) in [5.41, 5.74) is 4.21. The third kappa shape index (κ3) is 3.35. The van der Waals surface area contributed by atoms with Crippen LogP contribution < -0.4 is 5.32 Å². The summed E-state index contributed by atoms with van der Waals surface area (Å²) in [4.78, 5) is 0. The lowest BCUT2D eigenvalue weighted by Gasteiger charge is -2.30. The zero-order valence-corrected chi connectivity index (χ0v) is 12.3. The fraction of sp³-hybridized carbons (Fsp3) is 0.647. The van der Waals surface area contributed by atoms with Crippen LogP contribution in [0.25, 0.3) is 0 Å². The molecule has 2 rings (SSSR count). The van der Waals surface area contributed by atoms with Crippen molar-refractivity contribution in [3.8, 4) is 0 Å². The fourth-order valence-electron chi connectivity index (χ4n) is 3.07. The van der Waals surface area contributed by atoms with Gasteiger partial charge in [-0.25, -0.2) is 0 Å². The second-order valence-electron chi connectivity index (χ2n) is 6.20. The predicted octanol–water partition coefficient (Wildman–Crippen LogP) is 4.53. The van der Waals surface area contributed by atoms with E-state index in [4.69, 9.17) is 0 Å². The molecule has 1 N–H and O–H groups in total. The van der Waals surface area contributed by atoms with Gasteiger partial charge in [-0.1, -0.05) is 38.0 Å². The molecule has 1 saturated carbocycles. The van der Waals surface area contributed by atoms with Gasteiger partial charge in [0.15, 0.2) is 0 Å². The van der Waals surface area contributed by atoms with Gasteiger partial charge in [0.25, 0.3) is 0 Å². The highest BCUT2D eigenvalue weighted by atomic mass is 14.9. The first kappa shape index (κ1) is 13.6. The highest BCUT2D eigenvalue weighted by Gasteiger charge is 2.20. The van der Waals surface area contributed by atoms with Gasteiger partial charge in [-0.15, -0.1) is 0 Å². The quantitative estimate of drug-likeness (QED) is 0.825. The highest BCUT2D eigenvalue weighted by molar-refractivity contribution is 5.31. The summed E-state index contributed by atoms with van der Waals surface area (Å²) in [5, 5.41) is 3.81. The first-order valence-electron chi connectivity index (χ1n) is 7.39. The number of rotatable bonds is 3. The van der Waals surface area contributed by atoms with Crippen molar-refractivity contribution in [2.45, 2.75) is 65.5 Å². The molecule has 0 heterocycles. The fourth-order valence-corrected chi connectivity index (χ4v) is 3.07. The van der Waals surface area contributed by atoms with Gasteiger partial charge in [-0.3, -0.25) is 0 Å². The van der Waals surface area contributed by atoms with E-state index in [2.05, 4.69) is 51.2 Å². The SMILES string of the molecule is Cc1ccc(C(C)NC2CCCC(C)C2)cc1C. The van der Waals surface area contributed by atoms with Gasteiger partial charge in [-0.2, -0.15) is 0 Å². The van der Waals surface area contributed by atoms with Crippen LogP contribution in [0.15, 0.2) is 18.2 Å². The molecule has 1 nitrogen and oxygen atoms in total. The zero-order chi connectivity index (χ0) is 13.1. The van der Waals surface area contributed by atoms with Gasteiger partial charge >= 0.3 is 0 Å². The van der Waals surface area contributed by atoms with Gasteiger partial charge in [0.05, 0.1) is 0 Å². The van der Waals surface area contributed by atoms with E-state index in [-0.39, 0.29) is 0 Å². The number of hydrogen-bond acceptors (Lipinski definition) is 1. The molecule has 1 aliphatic rings. The van der Waals surface area contributed by atoms with E-state index in [0.717, 1.165) is 5.92 Å². The molecule has 0 radical (unpaired) electrons. The van der Waals surface area contributed by atoms with E-state index in [1.807, 2.05) is 0 Å². The Morgan fingerprint density at radius 2 is 1.94 bits per heavy atom. The van der Waals surface area contributed by atoms with Crippen molar-refractivity contribution in [1.82, 2.24) is 5.32 Å². The number of benzene rings is 1. The van der Waals surface area contributed by atoms with E-state index in [9.17, 15) is 0 Å². The molecule has 3 atom stereocenters. The Morgan fingerprint density at radius 3 is 2.61 bits per heavy atom. The van der Waals surface area contributed by atoms with E-state index in [1.54, 1.807) is 0 Å². The third-order valence-electron chi connectivity index (χ3n) is 4.45. The minimum absolute atomic E-state index is 0.472. The van der Waals surface area contributed by atoms with Gasteiger partial charge < -0.3 is 5.32 Å². The molecule has 0 spiro atoms. The average Bonchev–Trinajstić information content (AvgIpc) is 2.32. The molecular formula is C17H27N. The minimum Gasteiger partial charge on any atom is -0.307 e. The number of nitrogens with one attached hydrogen (secondary N) is 1. The molecule has 1 aromatic rings. The number of hydrogen-bond donors (Lipinski definition) is 1. The Hall–Kier alpha value is -0.820. The summed E-state index contributed by atoms with van der Waals surface area (Å²) < 4.78 is 0. The Balaban J connectivity index is 1.98. The van der Waals surface area contributed by atoms with E-state index >= 15 is 0 Å². The summed E-state index contributed by atoms with van der Waals surface area (Å²) in [5.74, 6) is 0.892. The summed E-state index contributed by atoms with van der Waals surface area (Å²) in [6, 6.07) is 8.03. The van der Waals surface area contributed by atoms with E-state index in [1.165, 1.54) is 42.4 Å². The van der Waals surface area contributed by atoms with E-state index in [0.29, 0.717) is 12.1 Å². The van der Waals surface area contributed by atoms with Crippen LogP contribution in [0.4, 0.5) is 0 Å². The Morgan fingerprint density at radius 1 is 1.17 bits per heavy atom. The predicted molar refractivity (Wildman–Crippen MR) is 78.9 cm³/mol. The molecule has 1 aromatic carbocycles. The van der Waals surface area contributed by atoms with Crippen molar-refractivity contribution in [2.24, 2.45) is 5.92 Å². The van der Waals surface area contributed by atoms with Crippen LogP contribution in [0, 0.1) is 19.8 Å². The van der Waals surface area contributed by atoms with Gasteiger partial charge in [0.1, 0.15) is 0 Å². The summed E-state index contributed by atoms with van der Waals surface area (Å²) in [6.45, 7) is 9.06. The van der Waals surface area contributed by atoms with Crippen LogP contribution >= 0.6 is 0 Å². The van der Waals surface area contributed by atoms with E-state index < -0.39 is 0 Å². The van der Waals surface area contributed by atoms with Crippen LogP contribution in [0.5, 0.6) is 0 Å². The second kappa shape index (κ2) is 5.88. The van der Waals surface area contributed by atoms with Gasteiger partial charge in [0.2, 0.25) is 0 Å². The largest absolute Gasteiger partial charge is 0.307 e. The lowest BCUT2D eigenvalue weighted by Crippen LogP contribution is -2.35. The third-order valence-corrected chi connectivity index (χ3v) is 4.45. The van der Waals surface area contributed by atoms with Crippen LogP contribution in [0.1, 0.15) is 62.3 Å².